The van der Waals surface area contributed by atoms with Gasteiger partial charge < -0.3 is 5.32 Å². The summed E-state index contributed by atoms with van der Waals surface area (Å²) < 4.78 is 0. The molecule has 0 spiro atoms. The van der Waals surface area contributed by atoms with Gasteiger partial charge in [-0.25, -0.2) is 0 Å². The maximum absolute atomic E-state index is 3.57. The van der Waals surface area contributed by atoms with E-state index in [0.29, 0.717) is 0 Å². The molecule has 0 aromatic carbocycles. The maximum Gasteiger partial charge on any atom is 0.0328 e. The van der Waals surface area contributed by atoms with E-state index in [9.17, 15) is 0 Å². The van der Waals surface area contributed by atoms with Crippen molar-refractivity contribution < 1.29 is 0 Å². The molecule has 1 N–H and O–H groups in total. The molecule has 1 saturated heterocycles. The maximum atomic E-state index is 3.57. The number of piperidine rings is 1. The molecule has 2 nitrogen and oxygen atoms in total. The average Bonchev–Trinajstić information content (AvgIpc) is 2.72. The molecule has 3 heteroatoms. The second kappa shape index (κ2) is 6.59. The van der Waals surface area contributed by atoms with Crippen molar-refractivity contribution in [2.24, 2.45) is 11.8 Å². The van der Waals surface area contributed by atoms with Gasteiger partial charge in [-0.3, -0.25) is 4.90 Å². The van der Waals surface area contributed by atoms with Crippen LogP contribution in [0.25, 0.3) is 0 Å². The highest BCUT2D eigenvalue weighted by atomic mass is 32.1. The molecule has 1 fully saturated rings. The molecule has 2 heterocycles. The van der Waals surface area contributed by atoms with Crippen LogP contribution in [0.5, 0.6) is 0 Å². The molecule has 2 atom stereocenters. The van der Waals surface area contributed by atoms with Gasteiger partial charge in [0, 0.05) is 41.5 Å². The van der Waals surface area contributed by atoms with E-state index in [2.05, 4.69) is 57.0 Å². The molecule has 114 valence electrons. The van der Waals surface area contributed by atoms with Crippen molar-refractivity contribution in [2.45, 2.75) is 59.7 Å². The predicted molar refractivity (Wildman–Crippen MR) is 89.1 cm³/mol. The lowest BCUT2D eigenvalue weighted by atomic mass is 9.92. The monoisotopic (exact) mass is 294 g/mol. The van der Waals surface area contributed by atoms with E-state index in [0.717, 1.165) is 24.9 Å². The van der Waals surface area contributed by atoms with Crippen LogP contribution in [0.3, 0.4) is 0 Å². The van der Waals surface area contributed by atoms with Gasteiger partial charge in [-0.15, -0.1) is 11.3 Å². The van der Waals surface area contributed by atoms with E-state index in [1.807, 2.05) is 11.3 Å². The third-order valence-corrected chi connectivity index (χ3v) is 4.90. The number of nitrogens with one attached hydrogen (secondary N) is 1. The number of hydrogen-bond acceptors (Lipinski definition) is 3. The lowest BCUT2D eigenvalue weighted by Gasteiger charge is -2.34. The smallest absolute Gasteiger partial charge is 0.0328 e. The fraction of sp³-hybridized carbons (Fsp3) is 0.765. The Balaban J connectivity index is 1.86. The Morgan fingerprint density at radius 1 is 1.15 bits per heavy atom. The summed E-state index contributed by atoms with van der Waals surface area (Å²) in [7, 11) is 0. The van der Waals surface area contributed by atoms with Crippen molar-refractivity contribution >= 4 is 11.3 Å². The molecule has 2 unspecified atom stereocenters. The van der Waals surface area contributed by atoms with Crippen molar-refractivity contribution in [2.75, 3.05) is 13.1 Å². The highest BCUT2D eigenvalue weighted by Crippen LogP contribution is 2.25. The van der Waals surface area contributed by atoms with Crippen LogP contribution < -0.4 is 5.32 Å². The first-order valence-corrected chi connectivity index (χ1v) is 8.68. The number of thiophene rings is 1. The third-order valence-electron chi connectivity index (χ3n) is 3.83. The molecule has 1 aromatic heterocycles. The van der Waals surface area contributed by atoms with Crippen molar-refractivity contribution in [1.29, 1.82) is 0 Å². The molecule has 2 rings (SSSR count). The Hall–Kier alpha value is -0.380. The molecule has 0 bridgehead atoms. The minimum Gasteiger partial charge on any atom is -0.307 e. The fourth-order valence-corrected chi connectivity index (χ4v) is 4.10. The van der Waals surface area contributed by atoms with Gasteiger partial charge in [0.25, 0.3) is 0 Å². The molecular weight excluding hydrogens is 264 g/mol. The van der Waals surface area contributed by atoms with E-state index >= 15 is 0 Å². The summed E-state index contributed by atoms with van der Waals surface area (Å²) in [5.74, 6) is 1.70. The number of rotatable bonds is 4. The second-order valence-electron chi connectivity index (χ2n) is 7.61. The summed E-state index contributed by atoms with van der Waals surface area (Å²) in [4.78, 5) is 5.59. The average molecular weight is 295 g/mol. The predicted octanol–water partition coefficient (Wildman–Crippen LogP) is 4.11. The standard InChI is InChI=1S/C17H30N2S/c1-13-8-14(2)11-19(10-13)12-16-7-6-15(20-16)9-18-17(3,4)5/h6-7,13-14,18H,8-12H2,1-5H3. The summed E-state index contributed by atoms with van der Waals surface area (Å²) >= 11 is 1.97. The van der Waals surface area contributed by atoms with E-state index in [1.54, 1.807) is 0 Å². The van der Waals surface area contributed by atoms with Gasteiger partial charge in [-0.2, -0.15) is 0 Å². The van der Waals surface area contributed by atoms with Crippen LogP contribution in [0.2, 0.25) is 0 Å². The van der Waals surface area contributed by atoms with Crippen LogP contribution in [0.1, 0.15) is 50.8 Å². The first kappa shape index (κ1) is 16.0. The molecule has 0 amide bonds. The molecule has 1 aliphatic rings. The van der Waals surface area contributed by atoms with Crippen molar-refractivity contribution in [3.63, 3.8) is 0 Å². The minimum absolute atomic E-state index is 0.196. The minimum atomic E-state index is 0.196. The van der Waals surface area contributed by atoms with Gasteiger partial charge >= 0.3 is 0 Å². The van der Waals surface area contributed by atoms with Crippen molar-refractivity contribution in [3.8, 4) is 0 Å². The van der Waals surface area contributed by atoms with Gasteiger partial charge in [-0.05, 0) is 51.2 Å². The molecule has 1 aromatic rings. The first-order valence-electron chi connectivity index (χ1n) is 7.87. The molecule has 1 aliphatic heterocycles. The topological polar surface area (TPSA) is 15.3 Å². The molecule has 0 aliphatic carbocycles. The number of hydrogen-bond donors (Lipinski definition) is 1. The van der Waals surface area contributed by atoms with Crippen LogP contribution in [-0.2, 0) is 13.1 Å². The van der Waals surface area contributed by atoms with Crippen LogP contribution in [0, 0.1) is 11.8 Å². The summed E-state index contributed by atoms with van der Waals surface area (Å²) in [6.07, 6.45) is 1.39. The van der Waals surface area contributed by atoms with Crippen LogP contribution in [0.4, 0.5) is 0 Å². The van der Waals surface area contributed by atoms with E-state index in [-0.39, 0.29) is 5.54 Å². The quantitative estimate of drug-likeness (QED) is 0.899. The van der Waals surface area contributed by atoms with Crippen LogP contribution in [0.15, 0.2) is 12.1 Å². The Morgan fingerprint density at radius 2 is 1.75 bits per heavy atom. The summed E-state index contributed by atoms with van der Waals surface area (Å²) in [6, 6.07) is 4.60. The van der Waals surface area contributed by atoms with Crippen LogP contribution >= 0.6 is 11.3 Å². The Bertz CT molecular complexity index is 409. The highest BCUT2D eigenvalue weighted by Gasteiger charge is 2.22. The van der Waals surface area contributed by atoms with Gasteiger partial charge in [0.2, 0.25) is 0 Å². The third kappa shape index (κ3) is 5.19. The number of likely N-dealkylation sites (tertiary alicyclic amines) is 1. The van der Waals surface area contributed by atoms with E-state index in [1.165, 1.54) is 29.3 Å². The summed E-state index contributed by atoms with van der Waals surface area (Å²) in [5, 5.41) is 3.57. The van der Waals surface area contributed by atoms with E-state index < -0.39 is 0 Å². The van der Waals surface area contributed by atoms with E-state index in [4.69, 9.17) is 0 Å². The largest absolute Gasteiger partial charge is 0.307 e. The second-order valence-corrected chi connectivity index (χ2v) is 8.86. The van der Waals surface area contributed by atoms with Gasteiger partial charge in [0.05, 0.1) is 0 Å². The Kier molecular flexibility index (Phi) is 5.27. The molecule has 20 heavy (non-hydrogen) atoms. The fourth-order valence-electron chi connectivity index (χ4n) is 3.10. The van der Waals surface area contributed by atoms with Crippen molar-refractivity contribution in [3.05, 3.63) is 21.9 Å². The first-order chi connectivity index (χ1) is 9.32. The molecular formula is C17H30N2S. The summed E-state index contributed by atoms with van der Waals surface area (Å²) in [5.41, 5.74) is 0.196. The zero-order chi connectivity index (χ0) is 14.8. The zero-order valence-electron chi connectivity index (χ0n) is 13.7. The normalized spacial score (nSPS) is 25.1. The SMILES string of the molecule is CC1CC(C)CN(Cc2ccc(CNC(C)(C)C)s2)C1. The Labute approximate surface area is 128 Å². The molecule has 0 radical (unpaired) electrons. The zero-order valence-corrected chi connectivity index (χ0v) is 14.5. The van der Waals surface area contributed by atoms with Gasteiger partial charge in [0.15, 0.2) is 0 Å². The van der Waals surface area contributed by atoms with Crippen LogP contribution in [-0.4, -0.2) is 23.5 Å². The highest BCUT2D eigenvalue weighted by molar-refractivity contribution is 7.11. The lowest BCUT2D eigenvalue weighted by molar-refractivity contribution is 0.135. The van der Waals surface area contributed by atoms with Gasteiger partial charge in [0.1, 0.15) is 0 Å². The Morgan fingerprint density at radius 3 is 2.35 bits per heavy atom. The summed E-state index contributed by atoms with van der Waals surface area (Å²) in [6.45, 7) is 16.1. The lowest BCUT2D eigenvalue weighted by Crippen LogP contribution is -2.37. The number of nitrogens with zero attached hydrogens (tertiary/aromatic N) is 1. The van der Waals surface area contributed by atoms with Gasteiger partial charge in [-0.1, -0.05) is 13.8 Å². The van der Waals surface area contributed by atoms with Crippen molar-refractivity contribution in [1.82, 2.24) is 10.2 Å². The molecule has 0 saturated carbocycles.